The number of amides is 1. The molecule has 2 aromatic heterocycles. The molecule has 3 fully saturated rings. The number of hydrogen-bond donors (Lipinski definition) is 2. The summed E-state index contributed by atoms with van der Waals surface area (Å²) in [4.78, 5) is 37.6. The monoisotopic (exact) mass is 647 g/mol. The highest BCUT2D eigenvalue weighted by molar-refractivity contribution is 7.21. The second kappa shape index (κ2) is 13.1. The Morgan fingerprint density at radius 1 is 0.929 bits per heavy atom. The van der Waals surface area contributed by atoms with Crippen molar-refractivity contribution in [1.82, 2.24) is 9.88 Å². The SMILES string of the molecule is O=C(Nc1nc(-c2cc(Cl)cs2)c(N2CCN(C3CCCCC3)CC2)s1)c1ccc(N2CCC(C(=O)O)CC2)c(Cl)c1. The van der Waals surface area contributed by atoms with E-state index >= 15 is 0 Å². The van der Waals surface area contributed by atoms with Crippen LogP contribution >= 0.6 is 45.9 Å². The molecule has 42 heavy (non-hydrogen) atoms. The number of anilines is 3. The Morgan fingerprint density at radius 3 is 2.31 bits per heavy atom. The third kappa shape index (κ3) is 6.58. The fraction of sp³-hybridized carbons (Fsp3) is 0.500. The minimum Gasteiger partial charge on any atom is -0.481 e. The lowest BCUT2D eigenvalue weighted by Gasteiger charge is -2.41. The van der Waals surface area contributed by atoms with E-state index in [-0.39, 0.29) is 11.8 Å². The molecule has 3 aliphatic rings. The molecule has 2 N–H and O–H groups in total. The zero-order valence-corrected chi connectivity index (χ0v) is 26.5. The van der Waals surface area contributed by atoms with Crippen LogP contribution in [0.25, 0.3) is 10.6 Å². The zero-order valence-electron chi connectivity index (χ0n) is 23.4. The van der Waals surface area contributed by atoms with Gasteiger partial charge in [-0.25, -0.2) is 4.98 Å². The van der Waals surface area contributed by atoms with E-state index in [1.807, 2.05) is 17.5 Å². The molecule has 2 saturated heterocycles. The molecule has 1 saturated carbocycles. The number of aromatic nitrogens is 1. The minimum absolute atomic E-state index is 0.272. The standard InChI is InChI=1S/C30H35Cl2N5O3S2/c31-21-17-25(41-18-21)26-28(37-14-12-35(13-15-37)22-4-2-1-3-5-22)42-30(33-26)34-27(38)20-6-7-24(23(32)16-20)36-10-8-19(9-11-36)29(39)40/h6-7,16-19,22H,1-5,8-15H2,(H,39,40)(H,33,34,38). The van der Waals surface area contributed by atoms with E-state index in [4.69, 9.17) is 28.2 Å². The lowest BCUT2D eigenvalue weighted by Crippen LogP contribution is -2.50. The number of piperidine rings is 1. The fourth-order valence-corrected chi connectivity index (χ4v) is 8.81. The number of hydrogen-bond acceptors (Lipinski definition) is 8. The van der Waals surface area contributed by atoms with Gasteiger partial charge in [0.25, 0.3) is 5.91 Å². The molecule has 12 heteroatoms. The second-order valence-electron chi connectivity index (χ2n) is 11.3. The van der Waals surface area contributed by atoms with E-state index in [0.29, 0.717) is 52.7 Å². The average Bonchev–Trinajstić information content (AvgIpc) is 3.63. The first kappa shape index (κ1) is 29.7. The Hall–Kier alpha value is -2.37. The summed E-state index contributed by atoms with van der Waals surface area (Å²) in [6.07, 6.45) is 7.81. The summed E-state index contributed by atoms with van der Waals surface area (Å²) < 4.78 is 0. The molecule has 2 aliphatic heterocycles. The van der Waals surface area contributed by atoms with Gasteiger partial charge in [-0.1, -0.05) is 53.8 Å². The molecule has 0 atom stereocenters. The predicted octanol–water partition coefficient (Wildman–Crippen LogP) is 7.19. The van der Waals surface area contributed by atoms with Crippen LogP contribution in [0.3, 0.4) is 0 Å². The summed E-state index contributed by atoms with van der Waals surface area (Å²) in [5.41, 5.74) is 2.12. The van der Waals surface area contributed by atoms with Gasteiger partial charge in [-0.15, -0.1) is 11.3 Å². The first-order chi connectivity index (χ1) is 20.4. The molecule has 0 unspecified atom stereocenters. The smallest absolute Gasteiger partial charge is 0.306 e. The number of halogens is 2. The number of carbonyl (C=O) groups excluding carboxylic acids is 1. The summed E-state index contributed by atoms with van der Waals surface area (Å²) in [5, 5.41) is 17.0. The van der Waals surface area contributed by atoms with E-state index in [2.05, 4.69) is 20.0 Å². The van der Waals surface area contributed by atoms with Crippen molar-refractivity contribution in [2.24, 2.45) is 5.92 Å². The Morgan fingerprint density at radius 2 is 1.67 bits per heavy atom. The molecule has 1 aromatic carbocycles. The van der Waals surface area contributed by atoms with Gasteiger partial charge in [0.15, 0.2) is 5.13 Å². The summed E-state index contributed by atoms with van der Waals surface area (Å²) in [6, 6.07) is 7.93. The molecule has 1 aliphatic carbocycles. The van der Waals surface area contributed by atoms with E-state index in [9.17, 15) is 14.7 Å². The molecule has 224 valence electrons. The first-order valence-electron chi connectivity index (χ1n) is 14.7. The Bertz CT molecular complexity index is 1420. The molecule has 0 spiro atoms. The maximum Gasteiger partial charge on any atom is 0.306 e. The van der Waals surface area contributed by atoms with E-state index in [0.717, 1.165) is 47.4 Å². The fourth-order valence-electron chi connectivity index (χ4n) is 6.36. The quantitative estimate of drug-likeness (QED) is 0.281. The highest BCUT2D eigenvalue weighted by Gasteiger charge is 2.29. The summed E-state index contributed by atoms with van der Waals surface area (Å²) in [6.45, 7) is 5.17. The molecule has 6 rings (SSSR count). The highest BCUT2D eigenvalue weighted by atomic mass is 35.5. The Balaban J connectivity index is 1.16. The molecule has 4 heterocycles. The Kier molecular flexibility index (Phi) is 9.26. The minimum atomic E-state index is -0.745. The van der Waals surface area contributed by atoms with Crippen molar-refractivity contribution in [2.45, 2.75) is 51.0 Å². The van der Waals surface area contributed by atoms with Crippen LogP contribution in [-0.2, 0) is 4.79 Å². The third-order valence-corrected chi connectivity index (χ3v) is 11.3. The lowest BCUT2D eigenvalue weighted by molar-refractivity contribution is -0.142. The van der Waals surface area contributed by atoms with Crippen molar-refractivity contribution in [1.29, 1.82) is 0 Å². The van der Waals surface area contributed by atoms with Crippen LogP contribution in [0.2, 0.25) is 10.0 Å². The molecule has 8 nitrogen and oxygen atoms in total. The summed E-state index contributed by atoms with van der Waals surface area (Å²) in [5.74, 6) is -1.33. The zero-order chi connectivity index (χ0) is 29.2. The number of aliphatic carboxylic acids is 1. The number of benzene rings is 1. The number of carbonyl (C=O) groups is 2. The van der Waals surface area contributed by atoms with Crippen LogP contribution in [0.4, 0.5) is 15.8 Å². The molecule has 1 amide bonds. The molecule has 3 aromatic rings. The Labute approximate surface area is 264 Å². The van der Waals surface area contributed by atoms with Gasteiger partial charge in [0.05, 0.1) is 26.5 Å². The van der Waals surface area contributed by atoms with E-state index in [1.165, 1.54) is 43.4 Å². The number of carboxylic acids is 1. The van der Waals surface area contributed by atoms with Crippen LogP contribution in [0.5, 0.6) is 0 Å². The van der Waals surface area contributed by atoms with Crippen LogP contribution in [0, 0.1) is 5.92 Å². The van der Waals surface area contributed by atoms with Crippen molar-refractivity contribution in [3.05, 3.63) is 45.3 Å². The van der Waals surface area contributed by atoms with Gasteiger partial charge >= 0.3 is 5.97 Å². The van der Waals surface area contributed by atoms with Gasteiger partial charge in [0.1, 0.15) is 10.7 Å². The van der Waals surface area contributed by atoms with Gasteiger partial charge in [0, 0.05) is 56.3 Å². The molecule has 0 radical (unpaired) electrons. The van der Waals surface area contributed by atoms with Crippen molar-refractivity contribution in [2.75, 3.05) is 54.4 Å². The van der Waals surface area contributed by atoms with Gasteiger partial charge in [-0.2, -0.15) is 0 Å². The number of thiazole rings is 1. The second-order valence-corrected chi connectivity index (χ2v) is 14.1. The van der Waals surface area contributed by atoms with E-state index < -0.39 is 5.97 Å². The number of rotatable bonds is 7. The maximum absolute atomic E-state index is 13.3. The predicted molar refractivity (Wildman–Crippen MR) is 173 cm³/mol. The lowest BCUT2D eigenvalue weighted by atomic mass is 9.94. The molecule has 0 bridgehead atoms. The number of nitrogens with zero attached hydrogens (tertiary/aromatic N) is 4. The van der Waals surface area contributed by atoms with Gasteiger partial charge in [0.2, 0.25) is 0 Å². The average molecular weight is 649 g/mol. The van der Waals surface area contributed by atoms with Crippen LogP contribution in [-0.4, -0.2) is 72.2 Å². The third-order valence-electron chi connectivity index (χ3n) is 8.72. The molecular formula is C30H35Cl2N5O3S2. The number of carboxylic acid groups (broad SMARTS) is 1. The van der Waals surface area contributed by atoms with Crippen molar-refractivity contribution in [3.63, 3.8) is 0 Å². The van der Waals surface area contributed by atoms with Crippen LogP contribution in [0.1, 0.15) is 55.3 Å². The topological polar surface area (TPSA) is 89.0 Å². The number of nitrogens with one attached hydrogen (secondary N) is 1. The van der Waals surface area contributed by atoms with Crippen LogP contribution < -0.4 is 15.1 Å². The van der Waals surface area contributed by atoms with Crippen molar-refractivity contribution in [3.8, 4) is 10.6 Å². The molecular weight excluding hydrogens is 613 g/mol. The largest absolute Gasteiger partial charge is 0.481 e. The normalized spacial score (nSPS) is 19.3. The van der Waals surface area contributed by atoms with Gasteiger partial charge in [-0.05, 0) is 49.9 Å². The number of thiophene rings is 1. The van der Waals surface area contributed by atoms with Crippen LogP contribution in [0.15, 0.2) is 29.6 Å². The van der Waals surface area contributed by atoms with Gasteiger partial charge < -0.3 is 14.9 Å². The summed E-state index contributed by atoms with van der Waals surface area (Å²) in [7, 11) is 0. The first-order valence-corrected chi connectivity index (χ1v) is 17.1. The highest BCUT2D eigenvalue weighted by Crippen LogP contribution is 2.42. The summed E-state index contributed by atoms with van der Waals surface area (Å²) >= 11 is 16.0. The number of piperazine rings is 1. The van der Waals surface area contributed by atoms with Gasteiger partial charge in [-0.3, -0.25) is 19.8 Å². The maximum atomic E-state index is 13.3. The van der Waals surface area contributed by atoms with Crippen molar-refractivity contribution >= 4 is 73.6 Å². The van der Waals surface area contributed by atoms with E-state index in [1.54, 1.807) is 23.5 Å². The van der Waals surface area contributed by atoms with Crippen molar-refractivity contribution < 1.29 is 14.7 Å².